The summed E-state index contributed by atoms with van der Waals surface area (Å²) in [4.78, 5) is 20.4. The average Bonchev–Trinajstić information content (AvgIpc) is 3.62. The first-order chi connectivity index (χ1) is 20.7. The van der Waals surface area contributed by atoms with Crippen molar-refractivity contribution in [2.75, 3.05) is 0 Å². The van der Waals surface area contributed by atoms with Gasteiger partial charge in [-0.25, -0.2) is 27.9 Å². The normalized spacial score (nSPS) is 11.3. The maximum atomic E-state index is 15.5. The number of benzene rings is 3. The maximum Gasteiger partial charge on any atom is 0.335 e. The maximum absolute atomic E-state index is 15.5. The highest BCUT2D eigenvalue weighted by Crippen LogP contribution is 2.28. The smallest absolute Gasteiger partial charge is 0.335 e. The predicted octanol–water partition coefficient (Wildman–Crippen LogP) is 6.73. The molecule has 0 spiro atoms. The van der Waals surface area contributed by atoms with Crippen LogP contribution in [0.15, 0.2) is 83.6 Å². The van der Waals surface area contributed by atoms with E-state index in [0.717, 1.165) is 17.7 Å². The lowest BCUT2D eigenvalue weighted by molar-refractivity contribution is 0.0697. The zero-order valence-electron chi connectivity index (χ0n) is 22.7. The first kappa shape index (κ1) is 27.7. The highest BCUT2D eigenvalue weighted by molar-refractivity contribution is 5.92. The number of aryl methyl sites for hydroxylation is 1. The van der Waals surface area contributed by atoms with Gasteiger partial charge in [-0.05, 0) is 60.5 Å². The Bertz CT molecular complexity index is 1970. The number of fused-ring (bicyclic) bond motifs is 1. The van der Waals surface area contributed by atoms with Crippen molar-refractivity contribution in [1.29, 1.82) is 0 Å². The van der Waals surface area contributed by atoms with Crippen molar-refractivity contribution >= 4 is 17.0 Å². The van der Waals surface area contributed by atoms with Gasteiger partial charge in [0.15, 0.2) is 0 Å². The second-order valence-electron chi connectivity index (χ2n) is 9.96. The monoisotopic (exact) mass is 584 g/mol. The molecule has 0 aliphatic carbocycles. The van der Waals surface area contributed by atoms with E-state index in [1.807, 2.05) is 0 Å². The number of carboxylic acids is 1. The molecule has 3 aromatic carbocycles. The van der Waals surface area contributed by atoms with Gasteiger partial charge < -0.3 is 18.9 Å². The van der Waals surface area contributed by atoms with Crippen LogP contribution in [0.4, 0.5) is 13.2 Å². The van der Waals surface area contributed by atoms with E-state index in [2.05, 4.69) is 15.1 Å². The summed E-state index contributed by atoms with van der Waals surface area (Å²) < 4.78 is 57.3. The van der Waals surface area contributed by atoms with Crippen LogP contribution in [0, 0.1) is 24.4 Å². The number of pyridine rings is 1. The molecule has 43 heavy (non-hydrogen) atoms. The van der Waals surface area contributed by atoms with Crippen LogP contribution in [-0.4, -0.2) is 30.8 Å². The SMILES string of the molecule is Cc1ccc(COc2cccc(-c3cc(F)c(Cc4nc5ccc(C(=O)O)cc5n4Cc4ccon4)cc3F)n2)c(F)c1. The number of aromatic carboxylic acids is 1. The van der Waals surface area contributed by atoms with Gasteiger partial charge in [0.05, 0.1) is 28.8 Å². The molecule has 216 valence electrons. The van der Waals surface area contributed by atoms with Crippen LogP contribution in [0.3, 0.4) is 0 Å². The van der Waals surface area contributed by atoms with E-state index in [9.17, 15) is 14.3 Å². The zero-order chi connectivity index (χ0) is 30.1. The molecule has 0 fully saturated rings. The molecular formula is C32H23F3N4O4. The summed E-state index contributed by atoms with van der Waals surface area (Å²) in [5.74, 6) is -2.40. The van der Waals surface area contributed by atoms with Crippen molar-refractivity contribution in [3.63, 3.8) is 0 Å². The number of hydrogen-bond acceptors (Lipinski definition) is 6. The third-order valence-electron chi connectivity index (χ3n) is 6.95. The summed E-state index contributed by atoms with van der Waals surface area (Å²) in [6, 6.07) is 17.7. The number of hydrogen-bond donors (Lipinski definition) is 1. The average molecular weight is 585 g/mol. The number of rotatable bonds is 9. The largest absolute Gasteiger partial charge is 0.478 e. The molecule has 0 saturated heterocycles. The number of halogens is 3. The van der Waals surface area contributed by atoms with Gasteiger partial charge in [-0.15, -0.1) is 0 Å². The molecule has 6 rings (SSSR count). The predicted molar refractivity (Wildman–Crippen MR) is 150 cm³/mol. The number of carboxylic acid groups (broad SMARTS) is 1. The molecule has 0 saturated carbocycles. The van der Waals surface area contributed by atoms with E-state index in [1.165, 1.54) is 30.5 Å². The Labute approximate surface area is 243 Å². The van der Waals surface area contributed by atoms with Crippen molar-refractivity contribution in [2.45, 2.75) is 26.5 Å². The van der Waals surface area contributed by atoms with Crippen LogP contribution in [0.2, 0.25) is 0 Å². The van der Waals surface area contributed by atoms with Crippen LogP contribution in [0.1, 0.15) is 38.6 Å². The van der Waals surface area contributed by atoms with E-state index in [4.69, 9.17) is 9.26 Å². The van der Waals surface area contributed by atoms with Crippen molar-refractivity contribution in [1.82, 2.24) is 19.7 Å². The van der Waals surface area contributed by atoms with E-state index < -0.39 is 23.4 Å². The number of carbonyl (C=O) groups is 1. The molecule has 8 nitrogen and oxygen atoms in total. The molecule has 3 heterocycles. The highest BCUT2D eigenvalue weighted by atomic mass is 19.1. The summed E-state index contributed by atoms with van der Waals surface area (Å²) >= 11 is 0. The van der Waals surface area contributed by atoms with Crippen LogP contribution in [0.25, 0.3) is 22.3 Å². The summed E-state index contributed by atoms with van der Waals surface area (Å²) in [7, 11) is 0. The third-order valence-corrected chi connectivity index (χ3v) is 6.95. The van der Waals surface area contributed by atoms with Crippen molar-refractivity contribution < 1.29 is 32.3 Å². The fourth-order valence-electron chi connectivity index (χ4n) is 4.75. The van der Waals surface area contributed by atoms with Crippen LogP contribution in [-0.2, 0) is 19.6 Å². The van der Waals surface area contributed by atoms with E-state index in [-0.39, 0.29) is 47.8 Å². The van der Waals surface area contributed by atoms with Gasteiger partial charge in [0, 0.05) is 29.7 Å². The van der Waals surface area contributed by atoms with Gasteiger partial charge in [-0.3, -0.25) is 0 Å². The van der Waals surface area contributed by atoms with E-state index in [1.54, 1.807) is 47.9 Å². The fraction of sp³-hybridized carbons (Fsp3) is 0.125. The van der Waals surface area contributed by atoms with Gasteiger partial charge in [0.2, 0.25) is 5.88 Å². The first-order valence-corrected chi connectivity index (χ1v) is 13.2. The van der Waals surface area contributed by atoms with Gasteiger partial charge >= 0.3 is 5.97 Å². The second-order valence-corrected chi connectivity index (χ2v) is 9.96. The number of nitrogens with zero attached hydrogens (tertiary/aromatic N) is 4. The standard InChI is InChI=1S/C32H23F3N4O4/c1-18-5-6-20(24(33)11-18)17-42-31-4-2-3-27(37-31)23-15-25(34)21(12-26(23)35)14-30-36-28-8-7-19(32(40)41)13-29(28)39(30)16-22-9-10-43-38-22/h2-13,15H,14,16-17H2,1H3,(H,40,41). The number of ether oxygens (including phenoxy) is 1. The third kappa shape index (κ3) is 5.82. The van der Waals surface area contributed by atoms with Gasteiger partial charge in [0.1, 0.15) is 41.8 Å². The van der Waals surface area contributed by atoms with Gasteiger partial charge in [-0.1, -0.05) is 23.4 Å². The Balaban J connectivity index is 1.29. The topological polar surface area (TPSA) is 103 Å². The van der Waals surface area contributed by atoms with Crippen LogP contribution < -0.4 is 4.74 Å². The first-order valence-electron chi connectivity index (χ1n) is 13.2. The quantitative estimate of drug-likeness (QED) is 0.201. The van der Waals surface area contributed by atoms with E-state index >= 15 is 8.78 Å². The second kappa shape index (κ2) is 11.4. The van der Waals surface area contributed by atoms with Crippen molar-refractivity contribution in [2.24, 2.45) is 0 Å². The summed E-state index contributed by atoms with van der Waals surface area (Å²) in [5, 5.41) is 13.4. The zero-order valence-corrected chi connectivity index (χ0v) is 22.7. The summed E-state index contributed by atoms with van der Waals surface area (Å²) in [6.45, 7) is 1.88. The molecule has 11 heteroatoms. The molecule has 0 radical (unpaired) electrons. The lowest BCUT2D eigenvalue weighted by Gasteiger charge is -2.11. The Morgan fingerprint density at radius 2 is 1.77 bits per heavy atom. The fourth-order valence-corrected chi connectivity index (χ4v) is 4.75. The van der Waals surface area contributed by atoms with E-state index in [0.29, 0.717) is 28.1 Å². The minimum atomic E-state index is -1.10. The Hall–Kier alpha value is -5.45. The van der Waals surface area contributed by atoms with Gasteiger partial charge in [-0.2, -0.15) is 0 Å². The Morgan fingerprint density at radius 3 is 2.53 bits per heavy atom. The van der Waals surface area contributed by atoms with Gasteiger partial charge in [0.25, 0.3) is 0 Å². The van der Waals surface area contributed by atoms with Crippen molar-refractivity contribution in [3.05, 3.63) is 130 Å². The molecule has 0 aliphatic rings. The molecular weight excluding hydrogens is 561 g/mol. The Morgan fingerprint density at radius 1 is 0.930 bits per heavy atom. The van der Waals surface area contributed by atoms with Crippen LogP contribution >= 0.6 is 0 Å². The molecule has 0 unspecified atom stereocenters. The lowest BCUT2D eigenvalue weighted by atomic mass is 10.0. The molecule has 0 amide bonds. The molecule has 1 N–H and O–H groups in total. The molecule has 6 aromatic rings. The molecule has 0 aliphatic heterocycles. The highest BCUT2D eigenvalue weighted by Gasteiger charge is 2.19. The molecule has 0 bridgehead atoms. The Kier molecular flexibility index (Phi) is 7.37. The minimum Gasteiger partial charge on any atom is -0.478 e. The molecule has 0 atom stereocenters. The number of aromatic nitrogens is 4. The van der Waals surface area contributed by atoms with Crippen molar-refractivity contribution in [3.8, 4) is 17.1 Å². The summed E-state index contributed by atoms with van der Waals surface area (Å²) in [5.41, 5.74) is 2.83. The summed E-state index contributed by atoms with van der Waals surface area (Å²) in [6.07, 6.45) is 1.32. The number of imidazole rings is 1. The molecule has 3 aromatic heterocycles. The lowest BCUT2D eigenvalue weighted by Crippen LogP contribution is -2.08. The minimum absolute atomic E-state index is 0.0404. The van der Waals surface area contributed by atoms with Crippen LogP contribution in [0.5, 0.6) is 5.88 Å².